The van der Waals surface area contributed by atoms with Gasteiger partial charge in [0.25, 0.3) is 0 Å². The van der Waals surface area contributed by atoms with E-state index in [0.717, 1.165) is 37.9 Å². The molecule has 0 atom stereocenters. The van der Waals surface area contributed by atoms with Crippen LogP contribution < -0.4 is 0 Å². The molecule has 2 aromatic rings. The highest BCUT2D eigenvalue weighted by molar-refractivity contribution is 6.30. The summed E-state index contributed by atoms with van der Waals surface area (Å²) in [7, 11) is 0. The smallest absolute Gasteiger partial charge is 0.0513 e. The fourth-order valence-corrected chi connectivity index (χ4v) is 2.78. The standard InChI is InChI=1S/C17H19ClN2/c18-17-8-6-16(7-9-17)13-20-11-10-19(14-20)12-15-4-2-1-3-5-15/h1-9H,10-14H2. The van der Waals surface area contributed by atoms with Crippen molar-refractivity contribution in [3.8, 4) is 0 Å². The third-order valence-electron chi connectivity index (χ3n) is 3.70. The van der Waals surface area contributed by atoms with Gasteiger partial charge in [-0.1, -0.05) is 54.1 Å². The molecule has 1 aliphatic rings. The summed E-state index contributed by atoms with van der Waals surface area (Å²) in [5, 5.41) is 0.806. The molecule has 0 N–H and O–H groups in total. The zero-order valence-electron chi connectivity index (χ0n) is 11.5. The molecule has 104 valence electrons. The lowest BCUT2D eigenvalue weighted by Gasteiger charge is -2.18. The van der Waals surface area contributed by atoms with Crippen molar-refractivity contribution in [1.29, 1.82) is 0 Å². The van der Waals surface area contributed by atoms with Crippen LogP contribution in [-0.4, -0.2) is 29.6 Å². The second-order valence-electron chi connectivity index (χ2n) is 5.36. The molecule has 2 nitrogen and oxygen atoms in total. The van der Waals surface area contributed by atoms with E-state index in [9.17, 15) is 0 Å². The van der Waals surface area contributed by atoms with Crippen molar-refractivity contribution in [3.63, 3.8) is 0 Å². The van der Waals surface area contributed by atoms with E-state index < -0.39 is 0 Å². The van der Waals surface area contributed by atoms with Crippen LogP contribution in [0.5, 0.6) is 0 Å². The van der Waals surface area contributed by atoms with Crippen LogP contribution in [0.15, 0.2) is 54.6 Å². The first-order valence-electron chi connectivity index (χ1n) is 7.03. The first kappa shape index (κ1) is 13.6. The molecule has 20 heavy (non-hydrogen) atoms. The van der Waals surface area contributed by atoms with E-state index in [2.05, 4.69) is 52.3 Å². The van der Waals surface area contributed by atoms with Crippen molar-refractivity contribution in [1.82, 2.24) is 9.80 Å². The van der Waals surface area contributed by atoms with Crippen molar-refractivity contribution in [2.45, 2.75) is 13.1 Å². The topological polar surface area (TPSA) is 6.48 Å². The molecule has 1 aliphatic heterocycles. The first-order chi connectivity index (χ1) is 9.79. The fraction of sp³-hybridized carbons (Fsp3) is 0.294. The van der Waals surface area contributed by atoms with Crippen LogP contribution in [-0.2, 0) is 13.1 Å². The van der Waals surface area contributed by atoms with Crippen molar-refractivity contribution in [3.05, 3.63) is 70.7 Å². The Morgan fingerprint density at radius 3 is 1.90 bits per heavy atom. The lowest BCUT2D eigenvalue weighted by Crippen LogP contribution is -2.24. The molecule has 3 rings (SSSR count). The van der Waals surface area contributed by atoms with Gasteiger partial charge in [-0.25, -0.2) is 0 Å². The van der Waals surface area contributed by atoms with Gasteiger partial charge < -0.3 is 0 Å². The third kappa shape index (κ3) is 3.60. The Hall–Kier alpha value is -1.35. The quantitative estimate of drug-likeness (QED) is 0.847. The fourth-order valence-electron chi connectivity index (χ4n) is 2.65. The number of halogens is 1. The molecule has 1 heterocycles. The van der Waals surface area contributed by atoms with Gasteiger partial charge in [-0.05, 0) is 23.3 Å². The Bertz CT molecular complexity index is 539. The molecule has 1 saturated heterocycles. The number of nitrogens with zero attached hydrogens (tertiary/aromatic N) is 2. The summed E-state index contributed by atoms with van der Waals surface area (Å²) in [6.07, 6.45) is 0. The SMILES string of the molecule is Clc1ccc(CN2CCN(Cc3ccccc3)C2)cc1. The van der Waals surface area contributed by atoms with Crippen LogP contribution in [0, 0.1) is 0 Å². The van der Waals surface area contributed by atoms with Gasteiger partial charge in [0.15, 0.2) is 0 Å². The highest BCUT2D eigenvalue weighted by Crippen LogP contribution is 2.15. The van der Waals surface area contributed by atoms with Gasteiger partial charge in [0, 0.05) is 31.2 Å². The molecular formula is C17H19ClN2. The molecular weight excluding hydrogens is 268 g/mol. The molecule has 3 heteroatoms. The highest BCUT2D eigenvalue weighted by atomic mass is 35.5. The Balaban J connectivity index is 1.53. The maximum atomic E-state index is 5.92. The molecule has 0 radical (unpaired) electrons. The van der Waals surface area contributed by atoms with Gasteiger partial charge in [0.05, 0.1) is 6.67 Å². The van der Waals surface area contributed by atoms with E-state index in [1.807, 2.05) is 12.1 Å². The summed E-state index contributed by atoms with van der Waals surface area (Å²) in [5.74, 6) is 0. The maximum Gasteiger partial charge on any atom is 0.0513 e. The van der Waals surface area contributed by atoms with E-state index in [1.54, 1.807) is 0 Å². The summed E-state index contributed by atoms with van der Waals surface area (Å²) in [6, 6.07) is 18.8. The van der Waals surface area contributed by atoms with E-state index in [-0.39, 0.29) is 0 Å². The van der Waals surface area contributed by atoms with Crippen molar-refractivity contribution in [2.75, 3.05) is 19.8 Å². The van der Waals surface area contributed by atoms with Crippen molar-refractivity contribution < 1.29 is 0 Å². The van der Waals surface area contributed by atoms with Crippen LogP contribution >= 0.6 is 11.6 Å². The van der Waals surface area contributed by atoms with Gasteiger partial charge in [0.1, 0.15) is 0 Å². The Kier molecular flexibility index (Phi) is 4.36. The van der Waals surface area contributed by atoms with Crippen LogP contribution in [0.2, 0.25) is 5.02 Å². The van der Waals surface area contributed by atoms with Gasteiger partial charge in [-0.15, -0.1) is 0 Å². The molecule has 0 saturated carbocycles. The summed E-state index contributed by atoms with van der Waals surface area (Å²) >= 11 is 5.92. The summed E-state index contributed by atoms with van der Waals surface area (Å²) in [6.45, 7) is 5.36. The second-order valence-corrected chi connectivity index (χ2v) is 5.80. The normalized spacial score (nSPS) is 16.6. The Labute approximate surface area is 125 Å². The van der Waals surface area contributed by atoms with Crippen molar-refractivity contribution in [2.24, 2.45) is 0 Å². The number of benzene rings is 2. The molecule has 0 unspecified atom stereocenters. The molecule has 1 fully saturated rings. The zero-order valence-corrected chi connectivity index (χ0v) is 12.3. The lowest BCUT2D eigenvalue weighted by atomic mass is 10.2. The molecule has 0 spiro atoms. The molecule has 0 aromatic heterocycles. The zero-order chi connectivity index (χ0) is 13.8. The van der Waals surface area contributed by atoms with Crippen LogP contribution in [0.25, 0.3) is 0 Å². The van der Waals surface area contributed by atoms with Gasteiger partial charge in [0.2, 0.25) is 0 Å². The van der Waals surface area contributed by atoms with E-state index >= 15 is 0 Å². The largest absolute Gasteiger partial charge is 0.285 e. The highest BCUT2D eigenvalue weighted by Gasteiger charge is 2.19. The summed E-state index contributed by atoms with van der Waals surface area (Å²) in [4.78, 5) is 4.97. The van der Waals surface area contributed by atoms with Gasteiger partial charge in [-0.2, -0.15) is 0 Å². The van der Waals surface area contributed by atoms with Gasteiger partial charge in [-0.3, -0.25) is 9.80 Å². The second kappa shape index (κ2) is 6.40. The summed E-state index contributed by atoms with van der Waals surface area (Å²) < 4.78 is 0. The lowest BCUT2D eigenvalue weighted by molar-refractivity contribution is 0.235. The minimum atomic E-state index is 0.806. The molecule has 0 amide bonds. The predicted molar refractivity (Wildman–Crippen MR) is 83.6 cm³/mol. The average Bonchev–Trinajstić information content (AvgIpc) is 2.90. The van der Waals surface area contributed by atoms with E-state index in [1.165, 1.54) is 11.1 Å². The Morgan fingerprint density at radius 1 is 0.750 bits per heavy atom. The van der Waals surface area contributed by atoms with Crippen LogP contribution in [0.3, 0.4) is 0 Å². The minimum absolute atomic E-state index is 0.806. The van der Waals surface area contributed by atoms with Gasteiger partial charge >= 0.3 is 0 Å². The number of hydrogen-bond donors (Lipinski definition) is 0. The maximum absolute atomic E-state index is 5.92. The minimum Gasteiger partial charge on any atom is -0.285 e. The van der Waals surface area contributed by atoms with Crippen LogP contribution in [0.4, 0.5) is 0 Å². The number of rotatable bonds is 4. The van der Waals surface area contributed by atoms with E-state index in [0.29, 0.717) is 0 Å². The first-order valence-corrected chi connectivity index (χ1v) is 7.40. The summed E-state index contributed by atoms with van der Waals surface area (Å²) in [5.41, 5.74) is 2.72. The predicted octanol–water partition coefficient (Wildman–Crippen LogP) is 3.62. The number of hydrogen-bond acceptors (Lipinski definition) is 2. The van der Waals surface area contributed by atoms with E-state index in [4.69, 9.17) is 11.6 Å². The van der Waals surface area contributed by atoms with Crippen LogP contribution in [0.1, 0.15) is 11.1 Å². The monoisotopic (exact) mass is 286 g/mol. The molecule has 2 aromatic carbocycles. The third-order valence-corrected chi connectivity index (χ3v) is 3.95. The van der Waals surface area contributed by atoms with Crippen molar-refractivity contribution >= 4 is 11.6 Å². The molecule has 0 bridgehead atoms. The average molecular weight is 287 g/mol. The molecule has 0 aliphatic carbocycles. The Morgan fingerprint density at radius 2 is 1.30 bits per heavy atom.